The molecule has 0 unspecified atom stereocenters. The lowest BCUT2D eigenvalue weighted by Gasteiger charge is -2.21. The van der Waals surface area contributed by atoms with Crippen molar-refractivity contribution in [3.8, 4) is 0 Å². The van der Waals surface area contributed by atoms with E-state index in [0.717, 1.165) is 24.8 Å². The van der Waals surface area contributed by atoms with E-state index in [1.807, 2.05) is 24.3 Å². The fourth-order valence-corrected chi connectivity index (χ4v) is 3.11. The number of nitrogens with zero attached hydrogens (tertiary/aromatic N) is 1. The zero-order valence-corrected chi connectivity index (χ0v) is 15.6. The number of hydrogen-bond acceptors (Lipinski definition) is 2. The van der Waals surface area contributed by atoms with E-state index in [2.05, 4.69) is 11.4 Å². The first-order valence-corrected chi connectivity index (χ1v) is 9.37. The topological polar surface area (TPSA) is 49.4 Å². The van der Waals surface area contributed by atoms with Gasteiger partial charge in [0.2, 0.25) is 11.8 Å². The predicted octanol–water partition coefficient (Wildman–Crippen LogP) is 3.74. The number of carbonyl (C=O) groups excluding carboxylic acids is 2. The van der Waals surface area contributed by atoms with Crippen molar-refractivity contribution in [3.63, 3.8) is 0 Å². The molecule has 0 saturated heterocycles. The number of allylic oxidation sites excluding steroid dienone is 1. The first-order valence-electron chi connectivity index (χ1n) is 8.99. The summed E-state index contributed by atoms with van der Waals surface area (Å²) in [5.41, 5.74) is 2.54. The van der Waals surface area contributed by atoms with Gasteiger partial charge >= 0.3 is 0 Å². The molecule has 4 nitrogen and oxygen atoms in total. The Morgan fingerprint density at radius 1 is 1.16 bits per heavy atom. The molecular formula is C20H27ClN2O2. The molecule has 0 heterocycles. The van der Waals surface area contributed by atoms with Crippen LogP contribution in [0.1, 0.15) is 44.6 Å². The van der Waals surface area contributed by atoms with E-state index in [1.54, 1.807) is 4.90 Å². The van der Waals surface area contributed by atoms with Crippen molar-refractivity contribution < 1.29 is 9.59 Å². The van der Waals surface area contributed by atoms with E-state index < -0.39 is 0 Å². The molecule has 1 aliphatic rings. The summed E-state index contributed by atoms with van der Waals surface area (Å²) in [6, 6.07) is 7.56. The molecule has 0 radical (unpaired) electrons. The molecule has 0 spiro atoms. The monoisotopic (exact) mass is 362 g/mol. The molecule has 2 amide bonds. The molecule has 0 saturated carbocycles. The second-order valence-corrected chi connectivity index (χ2v) is 6.96. The fraction of sp³-hybridized carbons (Fsp3) is 0.500. The van der Waals surface area contributed by atoms with Gasteiger partial charge in [-0.1, -0.05) is 35.4 Å². The lowest BCUT2D eigenvalue weighted by molar-refractivity contribution is -0.134. The number of halogens is 1. The smallest absolute Gasteiger partial charge is 0.239 e. The second kappa shape index (κ2) is 10.2. The third kappa shape index (κ3) is 7.30. The third-order valence-electron chi connectivity index (χ3n) is 4.52. The molecule has 0 atom stereocenters. The molecule has 2 rings (SSSR count). The Hall–Kier alpha value is -1.81. The van der Waals surface area contributed by atoms with Crippen molar-refractivity contribution in [1.82, 2.24) is 10.2 Å². The minimum atomic E-state index is -0.0947. The molecule has 0 aliphatic heterocycles. The molecule has 1 aromatic carbocycles. The van der Waals surface area contributed by atoms with Crippen LogP contribution in [0.2, 0.25) is 5.02 Å². The fourth-order valence-electron chi connectivity index (χ4n) is 2.99. The van der Waals surface area contributed by atoms with Crippen LogP contribution in [0, 0.1) is 0 Å². The molecular weight excluding hydrogens is 336 g/mol. The van der Waals surface area contributed by atoms with E-state index in [0.29, 0.717) is 24.5 Å². The minimum Gasteiger partial charge on any atom is -0.354 e. The summed E-state index contributed by atoms with van der Waals surface area (Å²) in [7, 11) is 0. The average molecular weight is 363 g/mol. The van der Waals surface area contributed by atoms with Gasteiger partial charge in [-0.05, 0) is 56.2 Å². The van der Waals surface area contributed by atoms with Gasteiger partial charge in [-0.2, -0.15) is 0 Å². The van der Waals surface area contributed by atoms with Crippen molar-refractivity contribution in [1.29, 1.82) is 0 Å². The predicted molar refractivity (Wildman–Crippen MR) is 102 cm³/mol. The zero-order valence-electron chi connectivity index (χ0n) is 14.9. The Balaban J connectivity index is 1.73. The standard InChI is InChI=1S/C20H27ClN2O2/c1-16(24)23(14-12-18-7-9-19(21)10-8-18)15-20(25)22-13-11-17-5-3-2-4-6-17/h5,7-10H,2-4,6,11-15H2,1H3,(H,22,25). The van der Waals surface area contributed by atoms with Crippen LogP contribution in [-0.4, -0.2) is 36.3 Å². The van der Waals surface area contributed by atoms with Crippen LogP contribution >= 0.6 is 11.6 Å². The average Bonchev–Trinajstić information content (AvgIpc) is 2.60. The maximum atomic E-state index is 12.1. The summed E-state index contributed by atoms with van der Waals surface area (Å²) in [6.45, 7) is 2.78. The van der Waals surface area contributed by atoms with Crippen molar-refractivity contribution in [2.75, 3.05) is 19.6 Å². The van der Waals surface area contributed by atoms with Crippen LogP contribution in [-0.2, 0) is 16.0 Å². The number of carbonyl (C=O) groups is 2. The van der Waals surface area contributed by atoms with Gasteiger partial charge in [0.25, 0.3) is 0 Å². The molecule has 25 heavy (non-hydrogen) atoms. The lowest BCUT2D eigenvalue weighted by atomic mass is 9.97. The van der Waals surface area contributed by atoms with Crippen LogP contribution < -0.4 is 5.32 Å². The summed E-state index contributed by atoms with van der Waals surface area (Å²) < 4.78 is 0. The summed E-state index contributed by atoms with van der Waals surface area (Å²) in [6.07, 6.45) is 8.75. The molecule has 0 aromatic heterocycles. The van der Waals surface area contributed by atoms with Gasteiger partial charge in [-0.25, -0.2) is 0 Å². The Morgan fingerprint density at radius 2 is 1.92 bits per heavy atom. The Kier molecular flexibility index (Phi) is 7.99. The minimum absolute atomic E-state index is 0.0842. The van der Waals surface area contributed by atoms with Crippen LogP contribution in [0.5, 0.6) is 0 Å². The van der Waals surface area contributed by atoms with Gasteiger partial charge < -0.3 is 10.2 Å². The molecule has 5 heteroatoms. The second-order valence-electron chi connectivity index (χ2n) is 6.53. The summed E-state index contributed by atoms with van der Waals surface area (Å²) in [5, 5.41) is 3.62. The zero-order chi connectivity index (χ0) is 18.1. The summed E-state index contributed by atoms with van der Waals surface area (Å²) in [4.78, 5) is 25.5. The maximum absolute atomic E-state index is 12.1. The highest BCUT2D eigenvalue weighted by molar-refractivity contribution is 6.30. The van der Waals surface area contributed by atoms with Crippen molar-refractivity contribution in [3.05, 3.63) is 46.5 Å². The summed E-state index contributed by atoms with van der Waals surface area (Å²) >= 11 is 5.88. The Morgan fingerprint density at radius 3 is 2.56 bits per heavy atom. The van der Waals surface area contributed by atoms with E-state index in [1.165, 1.54) is 25.3 Å². The van der Waals surface area contributed by atoms with Gasteiger partial charge in [0, 0.05) is 25.0 Å². The molecule has 136 valence electrons. The number of amides is 2. The van der Waals surface area contributed by atoms with Gasteiger partial charge in [0.15, 0.2) is 0 Å². The largest absolute Gasteiger partial charge is 0.354 e. The molecule has 1 aromatic rings. The van der Waals surface area contributed by atoms with Crippen molar-refractivity contribution >= 4 is 23.4 Å². The van der Waals surface area contributed by atoms with Crippen LogP contribution in [0.3, 0.4) is 0 Å². The molecule has 1 N–H and O–H groups in total. The van der Waals surface area contributed by atoms with Crippen LogP contribution in [0.25, 0.3) is 0 Å². The number of hydrogen-bond donors (Lipinski definition) is 1. The summed E-state index contributed by atoms with van der Waals surface area (Å²) in [5.74, 6) is -0.179. The van der Waals surface area contributed by atoms with Crippen molar-refractivity contribution in [2.24, 2.45) is 0 Å². The van der Waals surface area contributed by atoms with Gasteiger partial charge in [0.1, 0.15) is 0 Å². The van der Waals surface area contributed by atoms with E-state index in [4.69, 9.17) is 11.6 Å². The highest BCUT2D eigenvalue weighted by atomic mass is 35.5. The number of benzene rings is 1. The van der Waals surface area contributed by atoms with E-state index in [-0.39, 0.29) is 18.4 Å². The number of rotatable bonds is 8. The van der Waals surface area contributed by atoms with Crippen molar-refractivity contribution in [2.45, 2.75) is 45.4 Å². The highest BCUT2D eigenvalue weighted by Gasteiger charge is 2.13. The van der Waals surface area contributed by atoms with Gasteiger partial charge in [0.05, 0.1) is 6.54 Å². The lowest BCUT2D eigenvalue weighted by Crippen LogP contribution is -2.41. The molecule has 0 bridgehead atoms. The highest BCUT2D eigenvalue weighted by Crippen LogP contribution is 2.19. The maximum Gasteiger partial charge on any atom is 0.239 e. The normalized spacial score (nSPS) is 13.9. The van der Waals surface area contributed by atoms with Crippen LogP contribution in [0.4, 0.5) is 0 Å². The Labute approximate surface area is 155 Å². The van der Waals surface area contributed by atoms with Gasteiger partial charge in [-0.15, -0.1) is 0 Å². The molecule has 0 fully saturated rings. The Bertz CT molecular complexity index is 611. The van der Waals surface area contributed by atoms with E-state index in [9.17, 15) is 9.59 Å². The van der Waals surface area contributed by atoms with E-state index >= 15 is 0 Å². The van der Waals surface area contributed by atoms with Crippen LogP contribution in [0.15, 0.2) is 35.9 Å². The quantitative estimate of drug-likeness (QED) is 0.716. The SMILES string of the molecule is CC(=O)N(CCc1ccc(Cl)cc1)CC(=O)NCCC1=CCCCC1. The first kappa shape index (κ1) is 19.5. The molecule has 1 aliphatic carbocycles. The third-order valence-corrected chi connectivity index (χ3v) is 4.77. The number of nitrogens with one attached hydrogen (secondary N) is 1. The van der Waals surface area contributed by atoms with Gasteiger partial charge in [-0.3, -0.25) is 9.59 Å². The first-order chi connectivity index (χ1) is 12.0.